The molecule has 0 atom stereocenters. The zero-order chi connectivity index (χ0) is 11.3. The maximum atomic E-state index is 5.16. The Bertz CT molecular complexity index is 225. The van der Waals surface area contributed by atoms with Crippen LogP contribution in [0, 0.1) is 0 Å². The highest BCUT2D eigenvalue weighted by atomic mass is 15.8. The van der Waals surface area contributed by atoms with E-state index in [0.29, 0.717) is 6.67 Å². The van der Waals surface area contributed by atoms with E-state index in [1.807, 2.05) is 0 Å². The Morgan fingerprint density at radius 1 is 0.867 bits per heavy atom. The second kappa shape index (κ2) is 5.07. The molecule has 0 amide bonds. The van der Waals surface area contributed by atoms with Gasteiger partial charge in [0.25, 0.3) is 0 Å². The SMILES string of the molecule is NC(N)=NNN1CCN(NN=C(N)N)C1. The third-order valence-electron chi connectivity index (χ3n) is 1.62. The van der Waals surface area contributed by atoms with Gasteiger partial charge < -0.3 is 22.9 Å². The van der Waals surface area contributed by atoms with Crippen LogP contribution in [0.4, 0.5) is 0 Å². The molecule has 1 rings (SSSR count). The van der Waals surface area contributed by atoms with E-state index in [-0.39, 0.29) is 11.9 Å². The summed E-state index contributed by atoms with van der Waals surface area (Å²) < 4.78 is 0. The van der Waals surface area contributed by atoms with Gasteiger partial charge in [-0.25, -0.2) is 11.1 Å². The number of nitrogens with one attached hydrogen (secondary N) is 2. The average molecular weight is 216 g/mol. The zero-order valence-electron chi connectivity index (χ0n) is 8.22. The van der Waals surface area contributed by atoms with Crippen LogP contribution in [-0.2, 0) is 0 Å². The van der Waals surface area contributed by atoms with Crippen LogP contribution in [-0.4, -0.2) is 41.7 Å². The molecule has 15 heavy (non-hydrogen) atoms. The predicted octanol–water partition coefficient (Wildman–Crippen LogP) is -4.05. The number of hydrogen-bond donors (Lipinski definition) is 6. The molecule has 0 aromatic rings. The van der Waals surface area contributed by atoms with Gasteiger partial charge >= 0.3 is 0 Å². The Morgan fingerprint density at radius 3 is 1.60 bits per heavy atom. The van der Waals surface area contributed by atoms with Crippen molar-refractivity contribution in [1.29, 1.82) is 0 Å². The van der Waals surface area contributed by atoms with E-state index in [2.05, 4.69) is 21.3 Å². The van der Waals surface area contributed by atoms with Gasteiger partial charge in [-0.3, -0.25) is 0 Å². The van der Waals surface area contributed by atoms with Gasteiger partial charge in [0.1, 0.15) is 0 Å². The second-order valence-corrected chi connectivity index (χ2v) is 2.94. The molecule has 10 nitrogen and oxygen atoms in total. The van der Waals surface area contributed by atoms with Crippen molar-refractivity contribution >= 4 is 11.9 Å². The van der Waals surface area contributed by atoms with Crippen molar-refractivity contribution < 1.29 is 0 Å². The first-order chi connectivity index (χ1) is 7.08. The van der Waals surface area contributed by atoms with Gasteiger partial charge in [0.15, 0.2) is 0 Å². The quantitative estimate of drug-likeness (QED) is 0.157. The molecule has 1 aliphatic rings. The summed E-state index contributed by atoms with van der Waals surface area (Å²) in [5.74, 6) is -0.0451. The molecule has 10 N–H and O–H groups in total. The summed E-state index contributed by atoms with van der Waals surface area (Å²) in [6.45, 7) is 2.03. The summed E-state index contributed by atoms with van der Waals surface area (Å²) in [6.07, 6.45) is 0. The zero-order valence-corrected chi connectivity index (χ0v) is 8.22. The van der Waals surface area contributed by atoms with Crippen LogP contribution in [0.3, 0.4) is 0 Å². The molecule has 0 spiro atoms. The van der Waals surface area contributed by atoms with E-state index in [0.717, 1.165) is 13.1 Å². The topological polar surface area (TPSA) is 159 Å². The van der Waals surface area contributed by atoms with Gasteiger partial charge in [-0.05, 0) is 0 Å². The second-order valence-electron chi connectivity index (χ2n) is 2.94. The lowest BCUT2D eigenvalue weighted by molar-refractivity contribution is 0.152. The van der Waals surface area contributed by atoms with Crippen molar-refractivity contribution in [3.05, 3.63) is 0 Å². The lowest BCUT2D eigenvalue weighted by Gasteiger charge is -2.16. The maximum absolute atomic E-state index is 5.16. The molecule has 86 valence electrons. The number of nitrogens with zero attached hydrogens (tertiary/aromatic N) is 4. The average Bonchev–Trinajstić information content (AvgIpc) is 2.59. The molecule has 1 fully saturated rings. The highest BCUT2D eigenvalue weighted by Gasteiger charge is 2.18. The minimum absolute atomic E-state index is 0.0226. The number of hydrazone groups is 2. The fraction of sp³-hybridized carbons (Fsp3) is 0.600. The Morgan fingerprint density at radius 2 is 1.27 bits per heavy atom. The lowest BCUT2D eigenvalue weighted by Crippen LogP contribution is -2.40. The first-order valence-electron chi connectivity index (χ1n) is 4.26. The number of rotatable bonds is 4. The van der Waals surface area contributed by atoms with Crippen molar-refractivity contribution in [3.63, 3.8) is 0 Å². The molecule has 10 heteroatoms. The predicted molar refractivity (Wildman–Crippen MR) is 56.2 cm³/mol. The number of hydrogen-bond acceptors (Lipinski definition) is 6. The molecule has 0 aromatic heterocycles. The van der Waals surface area contributed by atoms with Crippen molar-refractivity contribution in [3.8, 4) is 0 Å². The maximum Gasteiger partial charge on any atom is 0.209 e. The summed E-state index contributed by atoms with van der Waals surface area (Å²) in [6, 6.07) is 0. The Hall–Kier alpha value is -1.94. The molecule has 1 aliphatic heterocycles. The number of nitrogens with two attached hydrogens (primary N) is 4. The third-order valence-corrected chi connectivity index (χ3v) is 1.62. The Balaban J connectivity index is 2.27. The molecular weight excluding hydrogens is 200 g/mol. The molecule has 0 unspecified atom stereocenters. The van der Waals surface area contributed by atoms with Gasteiger partial charge in [0.05, 0.1) is 6.67 Å². The Kier molecular flexibility index (Phi) is 3.76. The molecule has 0 bridgehead atoms. The molecule has 1 saturated heterocycles. The van der Waals surface area contributed by atoms with Crippen molar-refractivity contribution in [1.82, 2.24) is 21.1 Å². The van der Waals surface area contributed by atoms with Crippen LogP contribution >= 0.6 is 0 Å². The molecule has 0 radical (unpaired) electrons. The monoisotopic (exact) mass is 216 g/mol. The van der Waals surface area contributed by atoms with Gasteiger partial charge in [-0.2, -0.15) is 10.0 Å². The minimum Gasteiger partial charge on any atom is -0.369 e. The first-order valence-corrected chi connectivity index (χ1v) is 4.26. The van der Waals surface area contributed by atoms with E-state index in [1.54, 1.807) is 10.0 Å². The van der Waals surface area contributed by atoms with E-state index in [1.165, 1.54) is 0 Å². The molecule has 0 aromatic carbocycles. The largest absolute Gasteiger partial charge is 0.369 e. The summed E-state index contributed by atoms with van der Waals surface area (Å²) in [7, 11) is 0. The van der Waals surface area contributed by atoms with Crippen molar-refractivity contribution in [2.24, 2.45) is 33.1 Å². The molecule has 0 aliphatic carbocycles. The van der Waals surface area contributed by atoms with Crippen LogP contribution in [0.15, 0.2) is 10.2 Å². The molecule has 1 heterocycles. The van der Waals surface area contributed by atoms with Gasteiger partial charge in [-0.15, -0.1) is 10.2 Å². The van der Waals surface area contributed by atoms with Gasteiger partial charge in [0.2, 0.25) is 11.9 Å². The van der Waals surface area contributed by atoms with Gasteiger partial charge in [0, 0.05) is 13.1 Å². The lowest BCUT2D eigenvalue weighted by atomic mass is 10.7. The van der Waals surface area contributed by atoms with Crippen LogP contribution in [0.2, 0.25) is 0 Å². The standard InChI is InChI=1S/C5H16N10/c6-4(7)10-12-14-1-2-15(3-14)13-11-5(8)9/h12-13H,1-3H2,(H4,6,7,10)(H4,8,9,11). The van der Waals surface area contributed by atoms with Crippen LogP contribution in [0.1, 0.15) is 0 Å². The fourth-order valence-electron chi connectivity index (χ4n) is 1.01. The van der Waals surface area contributed by atoms with E-state index in [4.69, 9.17) is 22.9 Å². The summed E-state index contributed by atoms with van der Waals surface area (Å²) >= 11 is 0. The third kappa shape index (κ3) is 4.19. The normalized spacial score (nSPS) is 17.1. The Labute approximate surface area is 86.8 Å². The highest BCUT2D eigenvalue weighted by Crippen LogP contribution is 1.97. The number of guanidine groups is 2. The van der Waals surface area contributed by atoms with Crippen LogP contribution in [0.5, 0.6) is 0 Å². The minimum atomic E-state index is -0.0226. The number of hydrazine groups is 2. The molecule has 0 saturated carbocycles. The van der Waals surface area contributed by atoms with Crippen molar-refractivity contribution in [2.75, 3.05) is 19.8 Å². The summed E-state index contributed by atoms with van der Waals surface area (Å²) in [4.78, 5) is 0. The van der Waals surface area contributed by atoms with E-state index in [9.17, 15) is 0 Å². The molecular formula is C5H16N10. The van der Waals surface area contributed by atoms with E-state index < -0.39 is 0 Å². The van der Waals surface area contributed by atoms with Crippen molar-refractivity contribution in [2.45, 2.75) is 0 Å². The summed E-state index contributed by atoms with van der Waals surface area (Å²) in [5, 5.41) is 10.9. The van der Waals surface area contributed by atoms with Crippen LogP contribution < -0.4 is 34.0 Å². The fourth-order valence-corrected chi connectivity index (χ4v) is 1.01. The smallest absolute Gasteiger partial charge is 0.209 e. The van der Waals surface area contributed by atoms with Crippen LogP contribution in [0.25, 0.3) is 0 Å². The summed E-state index contributed by atoms with van der Waals surface area (Å²) in [5.41, 5.74) is 26.0. The van der Waals surface area contributed by atoms with E-state index >= 15 is 0 Å². The highest BCUT2D eigenvalue weighted by molar-refractivity contribution is 5.75. The van der Waals surface area contributed by atoms with Gasteiger partial charge in [-0.1, -0.05) is 0 Å². The first kappa shape index (κ1) is 11.1.